The molecule has 0 fully saturated rings. The number of rotatable bonds is 5. The fraction of sp³-hybridized carbons (Fsp3) is 0.143. The summed E-state index contributed by atoms with van der Waals surface area (Å²) >= 11 is 1.35. The highest BCUT2D eigenvalue weighted by Crippen LogP contribution is 2.32. The summed E-state index contributed by atoms with van der Waals surface area (Å²) in [6.07, 6.45) is 4.04. The van der Waals surface area contributed by atoms with Gasteiger partial charge in [-0.05, 0) is 49.2 Å². The van der Waals surface area contributed by atoms with Crippen LogP contribution in [0.25, 0.3) is 22.1 Å². The molecular weight excluding hydrogens is 360 g/mol. The standard InChI is InChI=1S/C21H18N2O3S/c1-3-7-14-10-13(11-17(19(14)24)26-4-2)12-18-20(25)23-16-9-6-5-8-15(16)22-21(23)27-18/h3,5-6,8-12,24H,1,4,7H2,2H3/b18-12-. The molecule has 2 heterocycles. The number of hydrogen-bond donors (Lipinski definition) is 1. The summed E-state index contributed by atoms with van der Waals surface area (Å²) in [6, 6.07) is 11.2. The first kappa shape index (κ1) is 17.3. The molecule has 2 aromatic heterocycles. The van der Waals surface area contributed by atoms with E-state index in [1.165, 1.54) is 11.3 Å². The second-order valence-corrected chi connectivity index (χ2v) is 7.10. The smallest absolute Gasteiger partial charge is 0.274 e. The Kier molecular flexibility index (Phi) is 4.41. The Bertz CT molecular complexity index is 1270. The number of fused-ring (bicyclic) bond motifs is 3. The van der Waals surface area contributed by atoms with Gasteiger partial charge >= 0.3 is 0 Å². The highest BCUT2D eigenvalue weighted by atomic mass is 32.1. The van der Waals surface area contributed by atoms with Gasteiger partial charge in [0.25, 0.3) is 5.56 Å². The maximum Gasteiger partial charge on any atom is 0.274 e. The van der Waals surface area contributed by atoms with Crippen LogP contribution in [0.3, 0.4) is 0 Å². The second kappa shape index (κ2) is 6.89. The average Bonchev–Trinajstić information content (AvgIpc) is 3.16. The zero-order valence-corrected chi connectivity index (χ0v) is 15.6. The molecule has 0 aliphatic carbocycles. The Hall–Kier alpha value is -3.12. The first-order valence-corrected chi connectivity index (χ1v) is 9.45. The lowest BCUT2D eigenvalue weighted by molar-refractivity contribution is 0.317. The van der Waals surface area contributed by atoms with E-state index in [1.807, 2.05) is 43.3 Å². The van der Waals surface area contributed by atoms with Crippen LogP contribution in [-0.4, -0.2) is 21.1 Å². The number of allylic oxidation sites excluding steroid dienone is 1. The van der Waals surface area contributed by atoms with Crippen LogP contribution in [0.4, 0.5) is 0 Å². The predicted molar refractivity (Wildman–Crippen MR) is 109 cm³/mol. The number of imidazole rings is 1. The van der Waals surface area contributed by atoms with Crippen molar-refractivity contribution in [1.82, 2.24) is 9.38 Å². The number of nitrogens with zero attached hydrogens (tertiary/aromatic N) is 2. The fourth-order valence-electron chi connectivity index (χ4n) is 3.11. The number of phenolic OH excluding ortho intramolecular Hbond substituents is 1. The van der Waals surface area contributed by atoms with Crippen molar-refractivity contribution in [3.05, 3.63) is 75.1 Å². The fourth-order valence-corrected chi connectivity index (χ4v) is 4.10. The van der Waals surface area contributed by atoms with Crippen molar-refractivity contribution in [3.8, 4) is 11.5 Å². The number of para-hydroxylation sites is 2. The molecule has 0 aliphatic rings. The summed E-state index contributed by atoms with van der Waals surface area (Å²) < 4.78 is 7.76. The number of hydrogen-bond acceptors (Lipinski definition) is 5. The molecule has 0 atom stereocenters. The molecule has 0 unspecified atom stereocenters. The molecule has 27 heavy (non-hydrogen) atoms. The van der Waals surface area contributed by atoms with Crippen LogP contribution < -0.4 is 14.8 Å². The molecule has 4 aromatic rings. The van der Waals surface area contributed by atoms with E-state index in [0.717, 1.165) is 16.6 Å². The van der Waals surface area contributed by atoms with Gasteiger partial charge in [0.05, 0.1) is 22.2 Å². The summed E-state index contributed by atoms with van der Waals surface area (Å²) in [5.74, 6) is 0.519. The van der Waals surface area contributed by atoms with Crippen molar-refractivity contribution >= 4 is 33.4 Å². The Balaban J connectivity index is 1.91. The van der Waals surface area contributed by atoms with Crippen LogP contribution in [0.2, 0.25) is 0 Å². The van der Waals surface area contributed by atoms with Gasteiger partial charge in [0.2, 0.25) is 0 Å². The number of aromatic nitrogens is 2. The molecule has 0 aliphatic heterocycles. The Morgan fingerprint density at radius 2 is 2.15 bits per heavy atom. The van der Waals surface area contributed by atoms with E-state index < -0.39 is 0 Å². The van der Waals surface area contributed by atoms with Crippen LogP contribution in [0.5, 0.6) is 11.5 Å². The van der Waals surface area contributed by atoms with E-state index in [2.05, 4.69) is 11.6 Å². The van der Waals surface area contributed by atoms with Gasteiger partial charge < -0.3 is 9.84 Å². The van der Waals surface area contributed by atoms with Crippen molar-refractivity contribution in [2.75, 3.05) is 6.61 Å². The summed E-state index contributed by atoms with van der Waals surface area (Å²) in [7, 11) is 0. The van der Waals surface area contributed by atoms with E-state index >= 15 is 0 Å². The van der Waals surface area contributed by atoms with Gasteiger partial charge in [0, 0.05) is 5.56 Å². The van der Waals surface area contributed by atoms with Crippen molar-refractivity contribution in [2.24, 2.45) is 0 Å². The lowest BCUT2D eigenvalue weighted by Gasteiger charge is -2.10. The maximum atomic E-state index is 12.9. The average molecular weight is 378 g/mol. The Morgan fingerprint density at radius 3 is 2.93 bits per heavy atom. The summed E-state index contributed by atoms with van der Waals surface area (Å²) in [5, 5.41) is 10.3. The molecule has 0 spiro atoms. The minimum atomic E-state index is -0.0972. The number of benzene rings is 2. The Morgan fingerprint density at radius 1 is 1.33 bits per heavy atom. The molecule has 6 heteroatoms. The molecule has 136 valence electrons. The molecule has 0 bridgehead atoms. The first-order chi connectivity index (χ1) is 13.1. The monoisotopic (exact) mass is 378 g/mol. The maximum absolute atomic E-state index is 12.9. The third-order valence-electron chi connectivity index (χ3n) is 4.28. The van der Waals surface area contributed by atoms with Crippen LogP contribution in [0, 0.1) is 0 Å². The van der Waals surface area contributed by atoms with Gasteiger partial charge in [-0.15, -0.1) is 6.58 Å². The van der Waals surface area contributed by atoms with Crippen molar-refractivity contribution < 1.29 is 9.84 Å². The van der Waals surface area contributed by atoms with E-state index in [-0.39, 0.29) is 11.3 Å². The Labute approximate surface area is 159 Å². The number of phenols is 1. The minimum Gasteiger partial charge on any atom is -0.504 e. The molecular formula is C21H18N2O3S. The van der Waals surface area contributed by atoms with E-state index in [0.29, 0.717) is 33.8 Å². The van der Waals surface area contributed by atoms with Gasteiger partial charge in [-0.1, -0.05) is 29.5 Å². The minimum absolute atomic E-state index is 0.0972. The highest BCUT2D eigenvalue weighted by Gasteiger charge is 2.12. The van der Waals surface area contributed by atoms with Crippen LogP contribution in [0.1, 0.15) is 18.1 Å². The van der Waals surface area contributed by atoms with Gasteiger partial charge in [0.15, 0.2) is 16.5 Å². The van der Waals surface area contributed by atoms with Crippen molar-refractivity contribution in [2.45, 2.75) is 13.3 Å². The van der Waals surface area contributed by atoms with Gasteiger partial charge in [-0.2, -0.15) is 0 Å². The predicted octanol–water partition coefficient (Wildman–Crippen LogP) is 3.29. The lowest BCUT2D eigenvalue weighted by atomic mass is 10.1. The first-order valence-electron chi connectivity index (χ1n) is 8.63. The molecule has 5 nitrogen and oxygen atoms in total. The summed E-state index contributed by atoms with van der Waals surface area (Å²) in [4.78, 5) is 18.1. The van der Waals surface area contributed by atoms with Gasteiger partial charge in [-0.3, -0.25) is 4.79 Å². The summed E-state index contributed by atoms with van der Waals surface area (Å²) in [5.41, 5.74) is 3.02. The second-order valence-electron chi connectivity index (χ2n) is 6.09. The van der Waals surface area contributed by atoms with E-state index in [1.54, 1.807) is 16.5 Å². The number of ether oxygens (including phenoxy) is 1. The quantitative estimate of drug-likeness (QED) is 0.541. The molecule has 0 saturated carbocycles. The van der Waals surface area contributed by atoms with E-state index in [9.17, 15) is 9.90 Å². The molecule has 0 amide bonds. The van der Waals surface area contributed by atoms with Crippen LogP contribution in [0.15, 0.2) is 53.8 Å². The zero-order chi connectivity index (χ0) is 19.0. The number of thiazole rings is 1. The number of aromatic hydroxyl groups is 1. The molecule has 2 aromatic carbocycles. The van der Waals surface area contributed by atoms with Crippen molar-refractivity contribution in [1.29, 1.82) is 0 Å². The third-order valence-corrected chi connectivity index (χ3v) is 5.25. The van der Waals surface area contributed by atoms with Crippen LogP contribution >= 0.6 is 11.3 Å². The summed E-state index contributed by atoms with van der Waals surface area (Å²) in [6.45, 7) is 6.03. The highest BCUT2D eigenvalue weighted by molar-refractivity contribution is 7.15. The molecule has 1 N–H and O–H groups in total. The topological polar surface area (TPSA) is 63.8 Å². The van der Waals surface area contributed by atoms with E-state index in [4.69, 9.17) is 4.74 Å². The normalized spacial score (nSPS) is 12.1. The van der Waals surface area contributed by atoms with Crippen molar-refractivity contribution in [3.63, 3.8) is 0 Å². The van der Waals surface area contributed by atoms with Gasteiger partial charge in [-0.25, -0.2) is 9.38 Å². The zero-order valence-electron chi connectivity index (χ0n) is 14.8. The van der Waals surface area contributed by atoms with Crippen LogP contribution in [-0.2, 0) is 6.42 Å². The lowest BCUT2D eigenvalue weighted by Crippen LogP contribution is -2.22. The molecule has 4 rings (SSSR count). The van der Waals surface area contributed by atoms with Gasteiger partial charge in [0.1, 0.15) is 0 Å². The third kappa shape index (κ3) is 2.98. The molecule has 0 radical (unpaired) electrons. The largest absolute Gasteiger partial charge is 0.504 e. The SMILES string of the molecule is C=CCc1cc(/C=c2\sc3nc4ccccc4n3c2=O)cc(OCC)c1O. The molecule has 0 saturated heterocycles.